The highest BCUT2D eigenvalue weighted by molar-refractivity contribution is 6.11. The molecule has 4 nitrogen and oxygen atoms in total. The molecule has 0 unspecified atom stereocenters. The summed E-state index contributed by atoms with van der Waals surface area (Å²) in [4.78, 5) is 11.0. The third-order valence-electron chi connectivity index (χ3n) is 5.87. The Morgan fingerprint density at radius 1 is 0.938 bits per heavy atom. The molecular formula is C28H25NO3. The van der Waals surface area contributed by atoms with Crippen molar-refractivity contribution < 1.29 is 15.1 Å². The topological polar surface area (TPSA) is 69.9 Å². The van der Waals surface area contributed by atoms with Gasteiger partial charge >= 0.3 is 5.97 Å². The number of fused-ring (bicyclic) bond motifs is 1. The van der Waals surface area contributed by atoms with E-state index in [1.54, 1.807) is 36.4 Å². The van der Waals surface area contributed by atoms with Gasteiger partial charge in [0.15, 0.2) is 0 Å². The number of benzene rings is 3. The van der Waals surface area contributed by atoms with Gasteiger partial charge < -0.3 is 10.3 Å². The van der Waals surface area contributed by atoms with Crippen LogP contribution in [0.25, 0.3) is 11.6 Å². The van der Waals surface area contributed by atoms with Crippen molar-refractivity contribution in [3.05, 3.63) is 118 Å². The van der Waals surface area contributed by atoms with Gasteiger partial charge in [-0.1, -0.05) is 85.2 Å². The molecule has 3 aromatic rings. The first-order valence-electron chi connectivity index (χ1n) is 10.5. The molecule has 0 heterocycles. The fraction of sp³-hybridized carbons (Fsp3) is 0.143. The fourth-order valence-corrected chi connectivity index (χ4v) is 4.06. The first kappa shape index (κ1) is 21.3. The molecule has 0 aromatic heterocycles. The van der Waals surface area contributed by atoms with Gasteiger partial charge in [-0.25, -0.2) is 4.79 Å². The second-order valence-corrected chi connectivity index (χ2v) is 8.65. The minimum atomic E-state index is -0.961. The van der Waals surface area contributed by atoms with Gasteiger partial charge in [0.25, 0.3) is 0 Å². The number of nitrogens with zero attached hydrogens (tertiary/aromatic N) is 1. The summed E-state index contributed by atoms with van der Waals surface area (Å²) in [6.07, 6.45) is 5.82. The molecule has 4 heteroatoms. The largest absolute Gasteiger partial charge is 0.478 e. The zero-order valence-corrected chi connectivity index (χ0v) is 18.3. The lowest BCUT2D eigenvalue weighted by Crippen LogP contribution is -2.12. The van der Waals surface area contributed by atoms with Crippen LogP contribution in [0.1, 0.15) is 57.6 Å². The summed E-state index contributed by atoms with van der Waals surface area (Å²) in [6, 6.07) is 21.2. The molecule has 0 aliphatic heterocycles. The minimum absolute atomic E-state index is 0.150. The highest BCUT2D eigenvalue weighted by Gasteiger charge is 2.30. The molecule has 2 N–H and O–H groups in total. The van der Waals surface area contributed by atoms with Gasteiger partial charge in [0, 0.05) is 11.0 Å². The first-order chi connectivity index (χ1) is 15.3. The monoisotopic (exact) mass is 423 g/mol. The zero-order chi connectivity index (χ0) is 22.9. The molecule has 0 spiro atoms. The average molecular weight is 424 g/mol. The summed E-state index contributed by atoms with van der Waals surface area (Å²) >= 11 is 0. The van der Waals surface area contributed by atoms with Gasteiger partial charge in [0.05, 0.1) is 5.56 Å². The summed E-state index contributed by atoms with van der Waals surface area (Å²) in [6.45, 7) is 6.46. The van der Waals surface area contributed by atoms with E-state index in [-0.39, 0.29) is 11.0 Å². The number of hydrogen-bond donors (Lipinski definition) is 2. The van der Waals surface area contributed by atoms with Crippen LogP contribution in [-0.2, 0) is 5.41 Å². The Morgan fingerprint density at radius 3 is 2.22 bits per heavy atom. The minimum Gasteiger partial charge on any atom is -0.478 e. The maximum Gasteiger partial charge on any atom is 0.335 e. The van der Waals surface area contributed by atoms with Crippen molar-refractivity contribution in [2.45, 2.75) is 26.2 Å². The van der Waals surface area contributed by atoms with Crippen LogP contribution in [0, 0.1) is 6.92 Å². The Hall–Kier alpha value is -3.92. The SMILES string of the molecule is Cc1ccc(C2=CC(C)(C)c3cc(C(/C=C/c4ccc(C(=O)O)cc4)=N\O)ccc32)cc1. The molecule has 0 atom stereocenters. The van der Waals surface area contributed by atoms with Gasteiger partial charge in [0.2, 0.25) is 0 Å². The molecule has 1 aliphatic carbocycles. The quantitative estimate of drug-likeness (QED) is 0.287. The molecular weight excluding hydrogens is 398 g/mol. The predicted molar refractivity (Wildman–Crippen MR) is 128 cm³/mol. The maximum atomic E-state index is 11.0. The molecule has 0 radical (unpaired) electrons. The molecule has 1 aliphatic rings. The van der Waals surface area contributed by atoms with Crippen molar-refractivity contribution in [2.24, 2.45) is 5.16 Å². The first-order valence-corrected chi connectivity index (χ1v) is 10.5. The highest BCUT2D eigenvalue weighted by atomic mass is 16.4. The highest BCUT2D eigenvalue weighted by Crippen LogP contribution is 2.43. The molecule has 0 amide bonds. The molecule has 0 bridgehead atoms. The maximum absolute atomic E-state index is 11.0. The van der Waals surface area contributed by atoms with Crippen LogP contribution in [0.15, 0.2) is 84.0 Å². The van der Waals surface area contributed by atoms with Crippen LogP contribution in [0.2, 0.25) is 0 Å². The van der Waals surface area contributed by atoms with E-state index >= 15 is 0 Å². The van der Waals surface area contributed by atoms with E-state index in [2.05, 4.69) is 68.4 Å². The summed E-state index contributed by atoms with van der Waals surface area (Å²) in [5.74, 6) is -0.961. The smallest absolute Gasteiger partial charge is 0.335 e. The van der Waals surface area contributed by atoms with Crippen LogP contribution in [0.3, 0.4) is 0 Å². The number of aromatic carboxylic acids is 1. The van der Waals surface area contributed by atoms with Crippen molar-refractivity contribution in [1.82, 2.24) is 0 Å². The summed E-state index contributed by atoms with van der Waals surface area (Å²) in [5, 5.41) is 22.2. The zero-order valence-electron chi connectivity index (χ0n) is 18.3. The number of rotatable bonds is 5. The van der Waals surface area contributed by atoms with E-state index in [0.29, 0.717) is 5.71 Å². The van der Waals surface area contributed by atoms with Crippen LogP contribution in [0.4, 0.5) is 0 Å². The van der Waals surface area contributed by atoms with Crippen molar-refractivity contribution in [3.63, 3.8) is 0 Å². The van der Waals surface area contributed by atoms with Crippen molar-refractivity contribution in [1.29, 1.82) is 0 Å². The third kappa shape index (κ3) is 4.12. The Balaban J connectivity index is 1.64. The van der Waals surface area contributed by atoms with Crippen molar-refractivity contribution in [2.75, 3.05) is 0 Å². The van der Waals surface area contributed by atoms with Gasteiger partial charge in [-0.2, -0.15) is 0 Å². The molecule has 32 heavy (non-hydrogen) atoms. The number of carbonyl (C=O) groups is 1. The van der Waals surface area contributed by atoms with Gasteiger partial charge in [0.1, 0.15) is 5.71 Å². The third-order valence-corrected chi connectivity index (χ3v) is 5.87. The number of carboxylic acids is 1. The normalized spacial score (nSPS) is 15.0. The van der Waals surface area contributed by atoms with E-state index < -0.39 is 5.97 Å². The number of oxime groups is 1. The predicted octanol–water partition coefficient (Wildman–Crippen LogP) is 6.31. The Labute approximate surface area is 187 Å². The lowest BCUT2D eigenvalue weighted by molar-refractivity contribution is 0.0697. The second-order valence-electron chi connectivity index (χ2n) is 8.65. The molecule has 160 valence electrons. The number of carboxylic acid groups (broad SMARTS) is 1. The van der Waals surface area contributed by atoms with Gasteiger partial charge in [-0.3, -0.25) is 0 Å². The summed E-state index contributed by atoms with van der Waals surface area (Å²) < 4.78 is 0. The second kappa shape index (κ2) is 8.31. The van der Waals surface area contributed by atoms with E-state index in [0.717, 1.165) is 11.1 Å². The average Bonchev–Trinajstić information content (AvgIpc) is 3.05. The molecule has 0 saturated heterocycles. The van der Waals surface area contributed by atoms with Crippen LogP contribution in [-0.4, -0.2) is 22.0 Å². The Morgan fingerprint density at radius 2 is 1.59 bits per heavy atom. The Kier molecular flexibility index (Phi) is 5.54. The molecule has 0 saturated carbocycles. The number of hydrogen-bond acceptors (Lipinski definition) is 3. The molecule has 3 aromatic carbocycles. The standard InChI is InChI=1S/C28H25NO3/c1-18-4-9-20(10-5-18)24-17-28(2,3)25-16-22(13-14-23(24)25)26(29-32)15-8-19-6-11-21(12-7-19)27(30)31/h4-17,32H,1-3H3,(H,30,31)/b15-8+,29-26-. The van der Waals surface area contributed by atoms with Crippen LogP contribution in [0.5, 0.6) is 0 Å². The lowest BCUT2D eigenvalue weighted by Gasteiger charge is -2.18. The van der Waals surface area contributed by atoms with Crippen LogP contribution < -0.4 is 0 Å². The summed E-state index contributed by atoms with van der Waals surface area (Å²) in [7, 11) is 0. The number of allylic oxidation sites excluding steroid dienone is 2. The number of aryl methyl sites for hydroxylation is 1. The van der Waals surface area contributed by atoms with E-state index in [4.69, 9.17) is 5.11 Å². The summed E-state index contributed by atoms with van der Waals surface area (Å²) in [5.41, 5.74) is 8.17. The fourth-order valence-electron chi connectivity index (χ4n) is 4.06. The van der Waals surface area contributed by atoms with Gasteiger partial charge in [-0.05, 0) is 59.0 Å². The van der Waals surface area contributed by atoms with E-state index in [1.807, 2.05) is 6.07 Å². The van der Waals surface area contributed by atoms with E-state index in [9.17, 15) is 10.0 Å². The molecule has 4 rings (SSSR count). The van der Waals surface area contributed by atoms with Crippen molar-refractivity contribution >= 4 is 23.3 Å². The van der Waals surface area contributed by atoms with Crippen LogP contribution >= 0.6 is 0 Å². The molecule has 0 fully saturated rings. The Bertz CT molecular complexity index is 1260. The van der Waals surface area contributed by atoms with Crippen molar-refractivity contribution in [3.8, 4) is 0 Å². The lowest BCUT2D eigenvalue weighted by atomic mass is 9.85. The van der Waals surface area contributed by atoms with Gasteiger partial charge in [-0.15, -0.1) is 0 Å². The van der Waals surface area contributed by atoms with E-state index in [1.165, 1.54) is 27.8 Å².